The Labute approximate surface area is 88.9 Å². The minimum absolute atomic E-state index is 0.0619. The van der Waals surface area contributed by atoms with Gasteiger partial charge in [0.1, 0.15) is 12.2 Å². The van der Waals surface area contributed by atoms with Crippen molar-refractivity contribution in [2.45, 2.75) is 63.1 Å². The fraction of sp³-hybridized carbons (Fsp3) is 0.909. The van der Waals surface area contributed by atoms with Gasteiger partial charge in [0.25, 0.3) is 0 Å². The van der Waals surface area contributed by atoms with Crippen LogP contribution in [-0.2, 0) is 19.0 Å². The van der Waals surface area contributed by atoms with Crippen LogP contribution in [0.15, 0.2) is 0 Å². The number of carbonyl (C=O) groups excluding carboxylic acids is 1. The van der Waals surface area contributed by atoms with Gasteiger partial charge in [-0.1, -0.05) is 6.92 Å². The normalized spacial score (nSPS) is 48.6. The SMILES string of the molecule is CCC1CCC2(CC3OC(=O)CC3O2)O1. The number of fused-ring (bicyclic) bond motifs is 1. The largest absolute Gasteiger partial charge is 0.459 e. The molecule has 0 aliphatic carbocycles. The van der Waals surface area contributed by atoms with Crippen molar-refractivity contribution in [2.75, 3.05) is 0 Å². The van der Waals surface area contributed by atoms with Gasteiger partial charge in [-0.25, -0.2) is 0 Å². The van der Waals surface area contributed by atoms with Gasteiger partial charge in [0, 0.05) is 12.8 Å². The molecule has 4 heteroatoms. The van der Waals surface area contributed by atoms with Gasteiger partial charge < -0.3 is 14.2 Å². The lowest BCUT2D eigenvalue weighted by atomic mass is 10.1. The quantitative estimate of drug-likeness (QED) is 0.616. The number of carbonyl (C=O) groups is 1. The Morgan fingerprint density at radius 3 is 2.93 bits per heavy atom. The average molecular weight is 212 g/mol. The summed E-state index contributed by atoms with van der Waals surface area (Å²) in [6.45, 7) is 2.12. The molecular formula is C11H16O4. The lowest BCUT2D eigenvalue weighted by Gasteiger charge is -2.24. The molecule has 0 saturated carbocycles. The molecule has 3 aliphatic heterocycles. The van der Waals surface area contributed by atoms with Crippen LogP contribution in [0.4, 0.5) is 0 Å². The molecule has 3 saturated heterocycles. The second-order valence-corrected chi connectivity index (χ2v) is 4.69. The minimum Gasteiger partial charge on any atom is -0.459 e. The van der Waals surface area contributed by atoms with Crippen LogP contribution in [0.25, 0.3) is 0 Å². The summed E-state index contributed by atoms with van der Waals surface area (Å²) in [5.41, 5.74) is 0. The topological polar surface area (TPSA) is 44.8 Å². The van der Waals surface area contributed by atoms with E-state index in [-0.39, 0.29) is 18.2 Å². The first kappa shape index (κ1) is 9.60. The van der Waals surface area contributed by atoms with Crippen molar-refractivity contribution in [3.05, 3.63) is 0 Å². The van der Waals surface area contributed by atoms with Crippen molar-refractivity contribution in [2.24, 2.45) is 0 Å². The van der Waals surface area contributed by atoms with E-state index in [1.54, 1.807) is 0 Å². The highest BCUT2D eigenvalue weighted by Gasteiger charge is 2.55. The van der Waals surface area contributed by atoms with Crippen molar-refractivity contribution in [3.8, 4) is 0 Å². The van der Waals surface area contributed by atoms with Crippen LogP contribution in [0.3, 0.4) is 0 Å². The Morgan fingerprint density at radius 1 is 1.40 bits per heavy atom. The molecule has 84 valence electrons. The molecule has 1 spiro atoms. The first-order chi connectivity index (χ1) is 7.21. The molecule has 0 aromatic heterocycles. The number of esters is 1. The third kappa shape index (κ3) is 1.47. The third-order valence-electron chi connectivity index (χ3n) is 3.63. The van der Waals surface area contributed by atoms with Crippen molar-refractivity contribution in [1.82, 2.24) is 0 Å². The monoisotopic (exact) mass is 212 g/mol. The molecule has 0 bridgehead atoms. The Kier molecular flexibility index (Phi) is 2.04. The standard InChI is InChI=1S/C11H16O4/c1-2-7-3-4-11(14-7)6-9-8(15-11)5-10(12)13-9/h7-9H,2-6H2,1H3. The summed E-state index contributed by atoms with van der Waals surface area (Å²) in [7, 11) is 0. The van der Waals surface area contributed by atoms with E-state index in [9.17, 15) is 4.79 Å². The van der Waals surface area contributed by atoms with E-state index in [2.05, 4.69) is 6.92 Å². The fourth-order valence-electron chi connectivity index (χ4n) is 2.84. The molecule has 15 heavy (non-hydrogen) atoms. The maximum absolute atomic E-state index is 11.0. The van der Waals surface area contributed by atoms with Crippen molar-refractivity contribution < 1.29 is 19.0 Å². The van der Waals surface area contributed by atoms with Crippen LogP contribution in [-0.4, -0.2) is 30.1 Å². The highest BCUT2D eigenvalue weighted by Crippen LogP contribution is 2.46. The summed E-state index contributed by atoms with van der Waals surface area (Å²) >= 11 is 0. The highest BCUT2D eigenvalue weighted by atomic mass is 16.7. The lowest BCUT2D eigenvalue weighted by molar-refractivity contribution is -0.216. The number of ether oxygens (including phenoxy) is 3. The van der Waals surface area contributed by atoms with Crippen molar-refractivity contribution in [1.29, 1.82) is 0 Å². The summed E-state index contributed by atoms with van der Waals surface area (Å²) in [5.74, 6) is -0.568. The van der Waals surface area contributed by atoms with Gasteiger partial charge in [0.05, 0.1) is 12.5 Å². The van der Waals surface area contributed by atoms with E-state index >= 15 is 0 Å². The summed E-state index contributed by atoms with van der Waals surface area (Å²) in [5, 5.41) is 0. The van der Waals surface area contributed by atoms with Gasteiger partial charge in [-0.15, -0.1) is 0 Å². The molecule has 0 aromatic rings. The first-order valence-corrected chi connectivity index (χ1v) is 5.76. The zero-order valence-electron chi connectivity index (χ0n) is 8.90. The van der Waals surface area contributed by atoms with E-state index in [1.165, 1.54) is 0 Å². The number of hydrogen-bond donors (Lipinski definition) is 0. The Balaban J connectivity index is 1.70. The predicted molar refractivity (Wildman–Crippen MR) is 51.1 cm³/mol. The van der Waals surface area contributed by atoms with Crippen LogP contribution in [0, 0.1) is 0 Å². The van der Waals surface area contributed by atoms with Gasteiger partial charge >= 0.3 is 5.97 Å². The van der Waals surface area contributed by atoms with Gasteiger partial charge in [-0.05, 0) is 12.8 Å². The number of hydrogen-bond acceptors (Lipinski definition) is 4. The molecule has 3 heterocycles. The zero-order valence-corrected chi connectivity index (χ0v) is 8.90. The third-order valence-corrected chi connectivity index (χ3v) is 3.63. The van der Waals surface area contributed by atoms with E-state index in [0.717, 1.165) is 25.7 Å². The van der Waals surface area contributed by atoms with Crippen LogP contribution < -0.4 is 0 Å². The summed E-state index contributed by atoms with van der Waals surface area (Å²) < 4.78 is 17.0. The van der Waals surface area contributed by atoms with Crippen LogP contribution in [0.1, 0.15) is 39.0 Å². The maximum Gasteiger partial charge on any atom is 0.308 e. The van der Waals surface area contributed by atoms with Crippen LogP contribution >= 0.6 is 0 Å². The van der Waals surface area contributed by atoms with Gasteiger partial charge in [0.2, 0.25) is 0 Å². The Hall–Kier alpha value is -0.610. The Bertz CT molecular complexity index is 272. The molecule has 3 aliphatic rings. The van der Waals surface area contributed by atoms with E-state index in [4.69, 9.17) is 14.2 Å². The minimum atomic E-state index is -0.434. The Morgan fingerprint density at radius 2 is 2.27 bits per heavy atom. The molecule has 0 amide bonds. The van der Waals surface area contributed by atoms with Crippen LogP contribution in [0.2, 0.25) is 0 Å². The summed E-state index contributed by atoms with van der Waals surface area (Å²) in [6.07, 6.45) is 4.34. The van der Waals surface area contributed by atoms with E-state index in [1.807, 2.05) is 0 Å². The van der Waals surface area contributed by atoms with Crippen molar-refractivity contribution in [3.63, 3.8) is 0 Å². The van der Waals surface area contributed by atoms with Gasteiger partial charge in [-0.2, -0.15) is 0 Å². The van der Waals surface area contributed by atoms with E-state index < -0.39 is 5.79 Å². The summed E-state index contributed by atoms with van der Waals surface area (Å²) in [4.78, 5) is 11.0. The molecule has 3 fully saturated rings. The molecule has 0 aromatic carbocycles. The molecule has 4 nitrogen and oxygen atoms in total. The average Bonchev–Trinajstić information content (AvgIpc) is 2.80. The molecule has 0 N–H and O–H groups in total. The van der Waals surface area contributed by atoms with Gasteiger partial charge in [-0.3, -0.25) is 4.79 Å². The second-order valence-electron chi connectivity index (χ2n) is 4.69. The fourth-order valence-corrected chi connectivity index (χ4v) is 2.84. The second kappa shape index (κ2) is 3.19. The van der Waals surface area contributed by atoms with Gasteiger partial charge in [0.15, 0.2) is 5.79 Å². The smallest absolute Gasteiger partial charge is 0.308 e. The lowest BCUT2D eigenvalue weighted by Crippen LogP contribution is -2.30. The molecular weight excluding hydrogens is 196 g/mol. The highest BCUT2D eigenvalue weighted by molar-refractivity contribution is 5.72. The molecule has 4 unspecified atom stereocenters. The summed E-state index contributed by atoms with van der Waals surface area (Å²) in [6, 6.07) is 0. The molecule has 0 radical (unpaired) electrons. The first-order valence-electron chi connectivity index (χ1n) is 5.76. The number of rotatable bonds is 1. The molecule has 4 atom stereocenters. The van der Waals surface area contributed by atoms with Crippen LogP contribution in [0.5, 0.6) is 0 Å². The predicted octanol–water partition coefficient (Wildman–Crippen LogP) is 1.38. The zero-order chi connectivity index (χ0) is 10.5. The maximum atomic E-state index is 11.0. The van der Waals surface area contributed by atoms with E-state index in [0.29, 0.717) is 12.5 Å². The molecule has 3 rings (SSSR count). The van der Waals surface area contributed by atoms with Crippen molar-refractivity contribution >= 4 is 5.97 Å².